The van der Waals surface area contributed by atoms with E-state index < -0.39 is 6.61 Å². The fourth-order valence-corrected chi connectivity index (χ4v) is 4.31. The number of imidazole rings is 1. The molecule has 0 fully saturated rings. The molecule has 0 unspecified atom stereocenters. The Morgan fingerprint density at radius 2 is 1.74 bits per heavy atom. The zero-order valence-corrected chi connectivity index (χ0v) is 20.4. The molecule has 1 N–H and O–H groups in total. The van der Waals surface area contributed by atoms with Crippen molar-refractivity contribution < 1.29 is 18.3 Å². The van der Waals surface area contributed by atoms with Crippen LogP contribution >= 0.6 is 27.7 Å². The van der Waals surface area contributed by atoms with Gasteiger partial charge in [-0.3, -0.25) is 9.36 Å². The van der Waals surface area contributed by atoms with Crippen LogP contribution in [-0.2, 0) is 4.79 Å². The third-order valence-corrected chi connectivity index (χ3v) is 6.34. The molecule has 4 aromatic rings. The molecule has 1 heterocycles. The molecule has 1 aromatic heterocycles. The van der Waals surface area contributed by atoms with E-state index in [9.17, 15) is 13.6 Å². The van der Waals surface area contributed by atoms with Crippen molar-refractivity contribution in [1.29, 1.82) is 0 Å². The fraction of sp³-hybridized carbons (Fsp3) is 0.120. The lowest BCUT2D eigenvalue weighted by Gasteiger charge is -2.13. The van der Waals surface area contributed by atoms with Gasteiger partial charge in [-0.15, -0.1) is 0 Å². The summed E-state index contributed by atoms with van der Waals surface area (Å²) in [5.41, 5.74) is 4.26. The molecule has 1 amide bonds. The summed E-state index contributed by atoms with van der Waals surface area (Å²) in [6, 6.07) is 21.6. The van der Waals surface area contributed by atoms with Crippen LogP contribution in [0.3, 0.4) is 0 Å². The minimum Gasteiger partial charge on any atom is -0.435 e. The third kappa shape index (κ3) is 6.03. The lowest BCUT2D eigenvalue weighted by Crippen LogP contribution is -2.14. The average molecular weight is 544 g/mol. The lowest BCUT2D eigenvalue weighted by atomic mass is 10.1. The number of carbonyl (C=O) groups excluding carboxylic acids is 1. The van der Waals surface area contributed by atoms with Crippen LogP contribution in [0, 0.1) is 6.92 Å². The summed E-state index contributed by atoms with van der Waals surface area (Å²) in [5.74, 6) is 0.0575. The number of benzene rings is 3. The Labute approximate surface area is 208 Å². The molecule has 5 nitrogen and oxygen atoms in total. The largest absolute Gasteiger partial charge is 0.435 e. The molecule has 3 aromatic carbocycles. The van der Waals surface area contributed by atoms with E-state index in [0.29, 0.717) is 10.8 Å². The first-order valence-corrected chi connectivity index (χ1v) is 12.0. The minimum atomic E-state index is -2.89. The summed E-state index contributed by atoms with van der Waals surface area (Å²) in [6.45, 7) is -0.910. The maximum Gasteiger partial charge on any atom is 0.387 e. The van der Waals surface area contributed by atoms with Gasteiger partial charge in [-0.25, -0.2) is 4.98 Å². The van der Waals surface area contributed by atoms with Gasteiger partial charge in [0, 0.05) is 21.4 Å². The number of rotatable bonds is 8. The van der Waals surface area contributed by atoms with Gasteiger partial charge in [-0.2, -0.15) is 8.78 Å². The number of alkyl halides is 2. The number of nitrogens with zero attached hydrogens (tertiary/aromatic N) is 2. The van der Waals surface area contributed by atoms with Crippen molar-refractivity contribution in [2.75, 3.05) is 11.1 Å². The summed E-state index contributed by atoms with van der Waals surface area (Å²) in [4.78, 5) is 17.1. The van der Waals surface area contributed by atoms with E-state index in [0.717, 1.165) is 27.0 Å². The van der Waals surface area contributed by atoms with Crippen LogP contribution in [0.15, 0.2) is 88.6 Å². The first-order valence-electron chi connectivity index (χ1n) is 10.3. The molecule has 34 heavy (non-hydrogen) atoms. The summed E-state index contributed by atoms with van der Waals surface area (Å²) in [5, 5.41) is 3.48. The first-order chi connectivity index (χ1) is 16.4. The minimum absolute atomic E-state index is 0.0655. The second-order valence-electron chi connectivity index (χ2n) is 7.34. The number of thioether (sulfide) groups is 1. The van der Waals surface area contributed by atoms with Crippen molar-refractivity contribution in [3.8, 4) is 22.7 Å². The molecule has 4 rings (SSSR count). The van der Waals surface area contributed by atoms with E-state index in [-0.39, 0.29) is 17.4 Å². The van der Waals surface area contributed by atoms with Crippen LogP contribution in [0.2, 0.25) is 0 Å². The number of hydrogen-bond acceptors (Lipinski definition) is 4. The Hall–Kier alpha value is -3.17. The van der Waals surface area contributed by atoms with Gasteiger partial charge >= 0.3 is 6.61 Å². The predicted molar refractivity (Wildman–Crippen MR) is 134 cm³/mol. The van der Waals surface area contributed by atoms with Crippen LogP contribution in [0.5, 0.6) is 5.75 Å². The highest BCUT2D eigenvalue weighted by Crippen LogP contribution is 2.31. The number of ether oxygens (including phenoxy) is 1. The number of nitrogens with one attached hydrogen (secondary N) is 1. The summed E-state index contributed by atoms with van der Waals surface area (Å²) in [7, 11) is 0. The van der Waals surface area contributed by atoms with Gasteiger partial charge in [-0.05, 0) is 55.5 Å². The molecule has 0 aliphatic heterocycles. The van der Waals surface area contributed by atoms with Crippen molar-refractivity contribution in [3.05, 3.63) is 89.0 Å². The van der Waals surface area contributed by atoms with Gasteiger partial charge < -0.3 is 10.1 Å². The quantitative estimate of drug-likeness (QED) is 0.244. The lowest BCUT2D eigenvalue weighted by molar-refractivity contribution is -0.113. The Morgan fingerprint density at radius 1 is 1.06 bits per heavy atom. The number of halogens is 3. The highest BCUT2D eigenvalue weighted by atomic mass is 79.9. The predicted octanol–water partition coefficient (Wildman–Crippen LogP) is 6.94. The van der Waals surface area contributed by atoms with Crippen LogP contribution < -0.4 is 10.1 Å². The molecular formula is C25H20BrF2N3O2S. The Morgan fingerprint density at radius 3 is 2.38 bits per heavy atom. The number of carbonyl (C=O) groups is 1. The zero-order valence-electron chi connectivity index (χ0n) is 18.0. The third-order valence-electron chi connectivity index (χ3n) is 4.86. The van der Waals surface area contributed by atoms with Gasteiger partial charge in [0.05, 0.1) is 17.6 Å². The van der Waals surface area contributed by atoms with Crippen molar-refractivity contribution in [3.63, 3.8) is 0 Å². The number of aromatic nitrogens is 2. The second kappa shape index (κ2) is 10.8. The Bertz CT molecular complexity index is 1260. The normalized spacial score (nSPS) is 11.0. The molecule has 0 saturated heterocycles. The number of aryl methyl sites for hydroxylation is 1. The van der Waals surface area contributed by atoms with Gasteiger partial charge in [0.1, 0.15) is 5.75 Å². The SMILES string of the molecule is Cc1ccc(NC(=O)CSc2ncc(-c3ccc(Br)cc3)n2-c2ccc(OC(F)F)cc2)cc1. The van der Waals surface area contributed by atoms with Crippen LogP contribution in [0.25, 0.3) is 16.9 Å². The first kappa shape index (κ1) is 24.0. The van der Waals surface area contributed by atoms with E-state index in [1.54, 1.807) is 18.3 Å². The monoisotopic (exact) mass is 543 g/mol. The Balaban J connectivity index is 1.59. The topological polar surface area (TPSA) is 56.2 Å². The Kier molecular flexibility index (Phi) is 7.64. The van der Waals surface area contributed by atoms with Crippen molar-refractivity contribution in [2.24, 2.45) is 0 Å². The number of amides is 1. The molecule has 0 aliphatic rings. The molecule has 0 radical (unpaired) electrons. The molecule has 0 spiro atoms. The molecular weight excluding hydrogens is 524 g/mol. The molecule has 0 bridgehead atoms. The van der Waals surface area contributed by atoms with E-state index in [1.165, 1.54) is 23.9 Å². The molecule has 0 saturated carbocycles. The van der Waals surface area contributed by atoms with E-state index in [2.05, 4.69) is 31.0 Å². The summed E-state index contributed by atoms with van der Waals surface area (Å²) in [6.07, 6.45) is 1.73. The fourth-order valence-electron chi connectivity index (χ4n) is 3.25. The standard InChI is InChI=1S/C25H20BrF2N3O2S/c1-16-2-8-19(9-3-16)30-23(32)15-34-25-29-14-22(17-4-6-18(26)7-5-17)31(25)20-10-12-21(13-11-20)33-24(27)28/h2-14,24H,15H2,1H3,(H,30,32). The van der Waals surface area contributed by atoms with E-state index in [1.807, 2.05) is 60.0 Å². The summed E-state index contributed by atoms with van der Waals surface area (Å²) < 4.78 is 32.4. The molecule has 0 aliphatic carbocycles. The zero-order chi connectivity index (χ0) is 24.1. The maximum absolute atomic E-state index is 12.5. The molecule has 0 atom stereocenters. The van der Waals surface area contributed by atoms with Crippen LogP contribution in [0.1, 0.15) is 5.56 Å². The number of hydrogen-bond donors (Lipinski definition) is 1. The maximum atomic E-state index is 12.5. The van der Waals surface area contributed by atoms with Crippen LogP contribution in [-0.4, -0.2) is 27.8 Å². The van der Waals surface area contributed by atoms with Gasteiger partial charge in [0.2, 0.25) is 5.91 Å². The highest BCUT2D eigenvalue weighted by Gasteiger charge is 2.16. The molecule has 174 valence electrons. The highest BCUT2D eigenvalue weighted by molar-refractivity contribution is 9.10. The van der Waals surface area contributed by atoms with Gasteiger partial charge in [-0.1, -0.05) is 57.5 Å². The van der Waals surface area contributed by atoms with Gasteiger partial charge in [0.25, 0.3) is 0 Å². The van der Waals surface area contributed by atoms with E-state index in [4.69, 9.17) is 0 Å². The van der Waals surface area contributed by atoms with Crippen LogP contribution in [0.4, 0.5) is 14.5 Å². The van der Waals surface area contributed by atoms with Crippen molar-refractivity contribution >= 4 is 39.3 Å². The van der Waals surface area contributed by atoms with E-state index >= 15 is 0 Å². The summed E-state index contributed by atoms with van der Waals surface area (Å²) >= 11 is 4.73. The smallest absolute Gasteiger partial charge is 0.387 e. The molecule has 9 heteroatoms. The average Bonchev–Trinajstić information content (AvgIpc) is 3.24. The number of anilines is 1. The van der Waals surface area contributed by atoms with Crippen molar-refractivity contribution in [1.82, 2.24) is 9.55 Å². The van der Waals surface area contributed by atoms with Gasteiger partial charge in [0.15, 0.2) is 5.16 Å². The van der Waals surface area contributed by atoms with Crippen molar-refractivity contribution in [2.45, 2.75) is 18.7 Å². The second-order valence-corrected chi connectivity index (χ2v) is 9.20.